The molecule has 1 aromatic carbocycles. The molecule has 0 spiro atoms. The van der Waals surface area contributed by atoms with Gasteiger partial charge < -0.3 is 4.74 Å². The predicted molar refractivity (Wildman–Crippen MR) is 70.3 cm³/mol. The number of benzene rings is 1. The number of ether oxygens (including phenoxy) is 1. The standard InChI is InChI=1S/C14H19ClO2/c1-12(16)17-10-6-5-9-14(15)11-13-7-3-2-4-8-13/h2-4,7-8,14H,5-6,9-11H2,1H3. The highest BCUT2D eigenvalue weighted by Crippen LogP contribution is 2.14. The van der Waals surface area contributed by atoms with Crippen molar-refractivity contribution in [3.63, 3.8) is 0 Å². The van der Waals surface area contributed by atoms with Crippen molar-refractivity contribution in [1.29, 1.82) is 0 Å². The molecule has 0 radical (unpaired) electrons. The van der Waals surface area contributed by atoms with Crippen molar-refractivity contribution in [3.05, 3.63) is 35.9 Å². The van der Waals surface area contributed by atoms with Crippen LogP contribution in [0.3, 0.4) is 0 Å². The van der Waals surface area contributed by atoms with Crippen molar-refractivity contribution < 1.29 is 9.53 Å². The lowest BCUT2D eigenvalue weighted by molar-refractivity contribution is -0.141. The average Bonchev–Trinajstić information content (AvgIpc) is 2.29. The van der Waals surface area contributed by atoms with E-state index in [9.17, 15) is 4.79 Å². The molecule has 0 aliphatic heterocycles. The first-order valence-electron chi connectivity index (χ1n) is 6.00. The maximum Gasteiger partial charge on any atom is 0.302 e. The summed E-state index contributed by atoms with van der Waals surface area (Å²) >= 11 is 6.25. The molecule has 0 heterocycles. The minimum absolute atomic E-state index is 0.162. The zero-order valence-electron chi connectivity index (χ0n) is 10.2. The Morgan fingerprint density at radius 1 is 1.29 bits per heavy atom. The third-order valence-corrected chi connectivity index (χ3v) is 2.89. The van der Waals surface area contributed by atoms with E-state index in [0.29, 0.717) is 6.61 Å². The van der Waals surface area contributed by atoms with Gasteiger partial charge in [-0.3, -0.25) is 4.79 Å². The fourth-order valence-electron chi connectivity index (χ4n) is 1.66. The molecular weight excluding hydrogens is 236 g/mol. The maximum absolute atomic E-state index is 10.5. The molecule has 0 fully saturated rings. The van der Waals surface area contributed by atoms with Gasteiger partial charge in [-0.15, -0.1) is 11.6 Å². The summed E-state index contributed by atoms with van der Waals surface area (Å²) in [5.74, 6) is -0.211. The summed E-state index contributed by atoms with van der Waals surface area (Å²) in [6, 6.07) is 10.2. The van der Waals surface area contributed by atoms with Crippen LogP contribution in [-0.2, 0) is 16.0 Å². The highest BCUT2D eigenvalue weighted by Gasteiger charge is 2.05. The van der Waals surface area contributed by atoms with Gasteiger partial charge in [-0.25, -0.2) is 0 Å². The van der Waals surface area contributed by atoms with E-state index in [-0.39, 0.29) is 11.3 Å². The largest absolute Gasteiger partial charge is 0.466 e. The van der Waals surface area contributed by atoms with Crippen molar-refractivity contribution in [3.8, 4) is 0 Å². The molecule has 0 N–H and O–H groups in total. The van der Waals surface area contributed by atoms with Gasteiger partial charge in [0.05, 0.1) is 6.61 Å². The van der Waals surface area contributed by atoms with Crippen LogP contribution >= 0.6 is 11.6 Å². The third-order valence-electron chi connectivity index (χ3n) is 2.52. The zero-order chi connectivity index (χ0) is 12.5. The predicted octanol–water partition coefficient (Wildman–Crippen LogP) is 3.57. The van der Waals surface area contributed by atoms with E-state index in [1.807, 2.05) is 18.2 Å². The lowest BCUT2D eigenvalue weighted by Gasteiger charge is -2.09. The van der Waals surface area contributed by atoms with E-state index >= 15 is 0 Å². The quantitative estimate of drug-likeness (QED) is 0.422. The van der Waals surface area contributed by atoms with Crippen LogP contribution in [0, 0.1) is 0 Å². The molecule has 17 heavy (non-hydrogen) atoms. The second-order valence-corrected chi connectivity index (χ2v) is 4.74. The molecule has 0 aromatic heterocycles. The molecule has 0 aliphatic rings. The Morgan fingerprint density at radius 3 is 2.65 bits per heavy atom. The van der Waals surface area contributed by atoms with Crippen molar-refractivity contribution in [2.24, 2.45) is 0 Å². The maximum atomic E-state index is 10.5. The van der Waals surface area contributed by atoms with Crippen molar-refractivity contribution in [2.75, 3.05) is 6.61 Å². The summed E-state index contributed by atoms with van der Waals surface area (Å²) in [5.41, 5.74) is 1.27. The van der Waals surface area contributed by atoms with Crippen LogP contribution in [0.5, 0.6) is 0 Å². The zero-order valence-corrected chi connectivity index (χ0v) is 11.0. The molecule has 94 valence electrons. The SMILES string of the molecule is CC(=O)OCCCCC(Cl)Cc1ccccc1. The van der Waals surface area contributed by atoms with Gasteiger partial charge in [-0.1, -0.05) is 30.3 Å². The summed E-state index contributed by atoms with van der Waals surface area (Å²) in [7, 11) is 0. The molecule has 0 saturated carbocycles. The second kappa shape index (κ2) is 8.13. The van der Waals surface area contributed by atoms with Crippen molar-refractivity contribution in [1.82, 2.24) is 0 Å². The summed E-state index contributed by atoms with van der Waals surface area (Å²) in [6.45, 7) is 1.93. The van der Waals surface area contributed by atoms with Crippen LogP contribution in [0.15, 0.2) is 30.3 Å². The Hall–Kier alpha value is -1.02. The lowest BCUT2D eigenvalue weighted by atomic mass is 10.1. The number of halogens is 1. The van der Waals surface area contributed by atoms with E-state index in [1.54, 1.807) is 0 Å². The summed E-state index contributed by atoms with van der Waals surface area (Å²) in [5, 5.41) is 0.162. The first-order valence-corrected chi connectivity index (χ1v) is 6.43. The highest BCUT2D eigenvalue weighted by molar-refractivity contribution is 6.20. The third kappa shape index (κ3) is 7.01. The van der Waals surface area contributed by atoms with Crippen LogP contribution in [0.1, 0.15) is 31.7 Å². The molecule has 1 rings (SSSR count). The molecule has 1 atom stereocenters. The number of hydrogen-bond donors (Lipinski definition) is 0. The Balaban J connectivity index is 2.09. The fraction of sp³-hybridized carbons (Fsp3) is 0.500. The van der Waals surface area contributed by atoms with Gasteiger partial charge in [-0.2, -0.15) is 0 Å². The lowest BCUT2D eigenvalue weighted by Crippen LogP contribution is -2.05. The van der Waals surface area contributed by atoms with Crippen LogP contribution in [0.25, 0.3) is 0 Å². The molecule has 1 unspecified atom stereocenters. The van der Waals surface area contributed by atoms with Gasteiger partial charge in [0.1, 0.15) is 0 Å². The van der Waals surface area contributed by atoms with Crippen molar-refractivity contribution in [2.45, 2.75) is 38.0 Å². The van der Waals surface area contributed by atoms with Gasteiger partial charge in [0.2, 0.25) is 0 Å². The summed E-state index contributed by atoms with van der Waals surface area (Å²) < 4.78 is 4.86. The number of carbonyl (C=O) groups is 1. The smallest absolute Gasteiger partial charge is 0.302 e. The Morgan fingerprint density at radius 2 is 2.00 bits per heavy atom. The summed E-state index contributed by atoms with van der Waals surface area (Å²) in [6.07, 6.45) is 3.74. The van der Waals surface area contributed by atoms with E-state index in [4.69, 9.17) is 16.3 Å². The Bertz CT molecular complexity index is 324. The monoisotopic (exact) mass is 254 g/mol. The minimum atomic E-state index is -0.211. The van der Waals surface area contributed by atoms with Crippen molar-refractivity contribution >= 4 is 17.6 Å². The minimum Gasteiger partial charge on any atom is -0.466 e. The van der Waals surface area contributed by atoms with Gasteiger partial charge in [0.15, 0.2) is 0 Å². The highest BCUT2D eigenvalue weighted by atomic mass is 35.5. The molecule has 0 saturated heterocycles. The van der Waals surface area contributed by atoms with Gasteiger partial charge in [0.25, 0.3) is 0 Å². The molecule has 3 heteroatoms. The van der Waals surface area contributed by atoms with Crippen LogP contribution in [-0.4, -0.2) is 18.0 Å². The van der Waals surface area contributed by atoms with E-state index < -0.39 is 0 Å². The Labute approximate surface area is 108 Å². The number of rotatable bonds is 7. The number of hydrogen-bond acceptors (Lipinski definition) is 2. The molecule has 0 aliphatic carbocycles. The molecule has 0 amide bonds. The first kappa shape index (κ1) is 14.0. The molecule has 0 bridgehead atoms. The molecular formula is C14H19ClO2. The molecule has 2 nitrogen and oxygen atoms in total. The molecule has 1 aromatic rings. The fourth-order valence-corrected chi connectivity index (χ4v) is 1.99. The number of esters is 1. The van der Waals surface area contributed by atoms with Crippen LogP contribution in [0.4, 0.5) is 0 Å². The normalized spacial score (nSPS) is 12.1. The van der Waals surface area contributed by atoms with Gasteiger partial charge in [0, 0.05) is 12.3 Å². The second-order valence-electron chi connectivity index (χ2n) is 4.12. The summed E-state index contributed by atoms with van der Waals surface area (Å²) in [4.78, 5) is 10.5. The number of alkyl halides is 1. The number of unbranched alkanes of at least 4 members (excludes halogenated alkanes) is 1. The van der Waals surface area contributed by atoms with Crippen LogP contribution in [0.2, 0.25) is 0 Å². The number of carbonyl (C=O) groups excluding carboxylic acids is 1. The van der Waals surface area contributed by atoms with E-state index in [1.165, 1.54) is 12.5 Å². The van der Waals surface area contributed by atoms with E-state index in [2.05, 4.69) is 12.1 Å². The topological polar surface area (TPSA) is 26.3 Å². The van der Waals surface area contributed by atoms with Gasteiger partial charge >= 0.3 is 5.97 Å². The van der Waals surface area contributed by atoms with Gasteiger partial charge in [-0.05, 0) is 31.2 Å². The first-order chi connectivity index (χ1) is 8.18. The average molecular weight is 255 g/mol. The Kier molecular flexibility index (Phi) is 6.71. The van der Waals surface area contributed by atoms with Crippen LogP contribution < -0.4 is 0 Å². The van der Waals surface area contributed by atoms with E-state index in [0.717, 1.165) is 25.7 Å².